The van der Waals surface area contributed by atoms with Crippen molar-refractivity contribution in [1.82, 2.24) is 10.1 Å². The normalized spacial score (nSPS) is 11.3. The Bertz CT molecular complexity index is 935. The summed E-state index contributed by atoms with van der Waals surface area (Å²) < 4.78 is 10.8. The lowest BCUT2D eigenvalue weighted by atomic mass is 10.2. The quantitative estimate of drug-likeness (QED) is 0.602. The smallest absolute Gasteiger partial charge is 0.261 e. The van der Waals surface area contributed by atoms with Gasteiger partial charge in [0.15, 0.2) is 0 Å². The highest BCUT2D eigenvalue weighted by Crippen LogP contribution is 2.35. The van der Waals surface area contributed by atoms with E-state index in [1.54, 1.807) is 6.26 Å². The van der Waals surface area contributed by atoms with E-state index >= 15 is 0 Å². The van der Waals surface area contributed by atoms with E-state index in [2.05, 4.69) is 10.1 Å². The highest BCUT2D eigenvalue weighted by Gasteiger charge is 2.17. The van der Waals surface area contributed by atoms with Gasteiger partial charge in [-0.1, -0.05) is 23.4 Å². The minimum absolute atomic E-state index is 0.428. The average Bonchev–Trinajstić information content (AvgIpc) is 3.16. The number of para-hydroxylation sites is 1. The van der Waals surface area contributed by atoms with E-state index in [0.29, 0.717) is 16.7 Å². The minimum Gasteiger partial charge on any atom is -0.464 e. The summed E-state index contributed by atoms with van der Waals surface area (Å²) in [5, 5.41) is 5.68. The molecule has 0 bridgehead atoms. The van der Waals surface area contributed by atoms with Crippen molar-refractivity contribution >= 4 is 27.3 Å². The third-order valence-electron chi connectivity index (χ3n) is 3.26. The van der Waals surface area contributed by atoms with Crippen LogP contribution in [0.1, 0.15) is 4.88 Å². The van der Waals surface area contributed by atoms with Crippen molar-refractivity contribution in [3.63, 3.8) is 0 Å². The molecule has 0 aliphatic heterocycles. The van der Waals surface area contributed by atoms with Crippen molar-refractivity contribution in [3.05, 3.63) is 41.5 Å². The molecule has 3 heterocycles. The van der Waals surface area contributed by atoms with E-state index in [-0.39, 0.29) is 0 Å². The van der Waals surface area contributed by atoms with Gasteiger partial charge < -0.3 is 14.7 Å². The number of hydrogen-bond acceptors (Lipinski definition) is 6. The fourth-order valence-electron chi connectivity index (χ4n) is 2.29. The summed E-state index contributed by atoms with van der Waals surface area (Å²) in [6, 6.07) is 9.69. The molecule has 0 saturated carbocycles. The van der Waals surface area contributed by atoms with Gasteiger partial charge >= 0.3 is 0 Å². The number of nitrogen functional groups attached to an aromatic ring is 1. The number of nitrogens with two attached hydrogens (primary N) is 1. The molecule has 0 atom stereocenters. The Morgan fingerprint density at radius 3 is 2.86 bits per heavy atom. The maximum absolute atomic E-state index is 5.96. The van der Waals surface area contributed by atoms with Crippen molar-refractivity contribution in [3.8, 4) is 22.8 Å². The van der Waals surface area contributed by atoms with E-state index in [4.69, 9.17) is 14.7 Å². The van der Waals surface area contributed by atoms with Crippen LogP contribution in [0.3, 0.4) is 0 Å². The number of anilines is 1. The maximum Gasteiger partial charge on any atom is 0.261 e. The van der Waals surface area contributed by atoms with E-state index in [9.17, 15) is 0 Å². The first-order valence-electron chi connectivity index (χ1n) is 6.39. The van der Waals surface area contributed by atoms with Crippen LogP contribution < -0.4 is 5.73 Å². The fourth-order valence-corrected chi connectivity index (χ4v) is 3.07. The lowest BCUT2D eigenvalue weighted by Gasteiger charge is -1.90. The molecule has 5 nitrogen and oxygen atoms in total. The number of furan rings is 1. The summed E-state index contributed by atoms with van der Waals surface area (Å²) >= 11 is 1.50. The number of benzene rings is 1. The van der Waals surface area contributed by atoms with E-state index in [0.717, 1.165) is 27.0 Å². The summed E-state index contributed by atoms with van der Waals surface area (Å²) in [5.41, 5.74) is 8.35. The number of fused-ring (bicyclic) bond motifs is 1. The van der Waals surface area contributed by atoms with Crippen LogP contribution in [0.25, 0.3) is 33.8 Å². The minimum atomic E-state index is 0.428. The number of nitrogens with zero attached hydrogens (tertiary/aromatic N) is 2. The highest BCUT2D eigenvalue weighted by molar-refractivity contribution is 7.16. The molecule has 0 spiro atoms. The Balaban J connectivity index is 1.83. The van der Waals surface area contributed by atoms with E-state index < -0.39 is 0 Å². The first kappa shape index (κ1) is 12.2. The number of aromatic nitrogens is 2. The van der Waals surface area contributed by atoms with Gasteiger partial charge in [0.05, 0.1) is 16.1 Å². The maximum atomic E-state index is 5.96. The van der Waals surface area contributed by atoms with Crippen LogP contribution in [-0.4, -0.2) is 10.1 Å². The van der Waals surface area contributed by atoms with Gasteiger partial charge in [-0.25, -0.2) is 0 Å². The molecule has 104 valence electrons. The Morgan fingerprint density at radius 1 is 1.19 bits per heavy atom. The molecule has 4 rings (SSSR count). The molecule has 3 aromatic heterocycles. The molecule has 0 radical (unpaired) electrons. The Hall–Kier alpha value is -2.60. The zero-order chi connectivity index (χ0) is 14.4. The summed E-state index contributed by atoms with van der Waals surface area (Å²) in [6.07, 6.45) is 1.64. The van der Waals surface area contributed by atoms with Crippen LogP contribution in [0.15, 0.2) is 45.5 Å². The van der Waals surface area contributed by atoms with Crippen molar-refractivity contribution < 1.29 is 8.94 Å². The highest BCUT2D eigenvalue weighted by atomic mass is 32.1. The van der Waals surface area contributed by atoms with Crippen LogP contribution in [0.2, 0.25) is 0 Å². The second kappa shape index (κ2) is 4.46. The zero-order valence-electron chi connectivity index (χ0n) is 11.2. The molecular weight excluding hydrogens is 286 g/mol. The molecule has 6 heteroatoms. The first-order valence-corrected chi connectivity index (χ1v) is 7.20. The topological polar surface area (TPSA) is 78.1 Å². The fraction of sp³-hybridized carbons (Fsp3) is 0.0667. The van der Waals surface area contributed by atoms with Crippen molar-refractivity contribution in [1.29, 1.82) is 0 Å². The van der Waals surface area contributed by atoms with Crippen molar-refractivity contribution in [2.75, 3.05) is 5.73 Å². The van der Waals surface area contributed by atoms with Gasteiger partial charge in [0.25, 0.3) is 5.89 Å². The Labute approximate surface area is 124 Å². The molecule has 4 aromatic rings. The molecule has 0 saturated heterocycles. The molecule has 0 unspecified atom stereocenters. The molecule has 2 N–H and O–H groups in total. The van der Waals surface area contributed by atoms with Crippen LogP contribution in [0.5, 0.6) is 0 Å². The summed E-state index contributed by atoms with van der Waals surface area (Å²) in [4.78, 5) is 5.54. The summed E-state index contributed by atoms with van der Waals surface area (Å²) in [5.74, 6) is 0.926. The lowest BCUT2D eigenvalue weighted by Crippen LogP contribution is -1.83. The molecule has 0 fully saturated rings. The predicted molar refractivity (Wildman–Crippen MR) is 82.0 cm³/mol. The van der Waals surface area contributed by atoms with E-state index in [1.165, 1.54) is 11.3 Å². The first-order chi connectivity index (χ1) is 10.2. The second-order valence-electron chi connectivity index (χ2n) is 4.70. The van der Waals surface area contributed by atoms with Gasteiger partial charge in [0.1, 0.15) is 11.8 Å². The number of rotatable bonds is 2. The van der Waals surface area contributed by atoms with Crippen molar-refractivity contribution in [2.45, 2.75) is 6.92 Å². The average molecular weight is 297 g/mol. The Morgan fingerprint density at radius 2 is 2.05 bits per heavy atom. The van der Waals surface area contributed by atoms with Crippen LogP contribution in [0, 0.1) is 6.92 Å². The van der Waals surface area contributed by atoms with Gasteiger partial charge in [0.2, 0.25) is 5.82 Å². The van der Waals surface area contributed by atoms with Gasteiger partial charge in [-0.15, -0.1) is 11.3 Å². The van der Waals surface area contributed by atoms with Gasteiger partial charge in [-0.05, 0) is 19.1 Å². The van der Waals surface area contributed by atoms with Gasteiger partial charge in [-0.2, -0.15) is 4.98 Å². The second-order valence-corrected chi connectivity index (χ2v) is 5.99. The number of aryl methyl sites for hydroxylation is 1. The molecule has 0 aliphatic carbocycles. The molecule has 21 heavy (non-hydrogen) atoms. The third kappa shape index (κ3) is 1.92. The van der Waals surface area contributed by atoms with Crippen LogP contribution in [0.4, 0.5) is 5.00 Å². The SMILES string of the molecule is Cc1cc(-c2nc(-c3coc4ccccc34)no2)c(N)s1. The molecule has 0 aliphatic rings. The van der Waals surface area contributed by atoms with E-state index in [1.807, 2.05) is 37.3 Å². The predicted octanol–water partition coefficient (Wildman–Crippen LogP) is 4.10. The van der Waals surface area contributed by atoms with Crippen molar-refractivity contribution in [2.24, 2.45) is 0 Å². The standard InChI is InChI=1S/C15H11N3O2S/c1-8-6-10(13(16)21-8)15-17-14(18-20-15)11-7-19-12-5-3-2-4-9(11)12/h2-7H,16H2,1H3. The molecule has 1 aromatic carbocycles. The lowest BCUT2D eigenvalue weighted by molar-refractivity contribution is 0.432. The van der Waals surface area contributed by atoms with Crippen LogP contribution >= 0.6 is 11.3 Å². The number of thiophene rings is 1. The third-order valence-corrected chi connectivity index (χ3v) is 4.14. The van der Waals surface area contributed by atoms with Gasteiger partial charge in [-0.3, -0.25) is 0 Å². The largest absolute Gasteiger partial charge is 0.464 e. The Kier molecular flexibility index (Phi) is 2.58. The van der Waals surface area contributed by atoms with Gasteiger partial charge in [0, 0.05) is 10.3 Å². The summed E-state index contributed by atoms with van der Waals surface area (Å²) in [7, 11) is 0. The molecular formula is C15H11N3O2S. The zero-order valence-corrected chi connectivity index (χ0v) is 12.0. The van der Waals surface area contributed by atoms with Crippen LogP contribution in [-0.2, 0) is 0 Å². The summed E-state index contributed by atoms with van der Waals surface area (Å²) in [6.45, 7) is 1.99. The monoisotopic (exact) mass is 297 g/mol. The number of hydrogen-bond donors (Lipinski definition) is 1. The molecule has 0 amide bonds.